The van der Waals surface area contributed by atoms with E-state index in [2.05, 4.69) is 20.6 Å². The largest absolute Gasteiger partial charge is 0.490 e. The van der Waals surface area contributed by atoms with Crippen LogP contribution >= 0.6 is 11.6 Å². The zero-order valence-corrected chi connectivity index (χ0v) is 11.8. The lowest BCUT2D eigenvalue weighted by molar-refractivity contribution is -0.121. The Labute approximate surface area is 116 Å². The zero-order chi connectivity index (χ0) is 14.3. The highest BCUT2D eigenvalue weighted by Gasteiger charge is 2.17. The number of ether oxygens (including phenoxy) is 2. The molecule has 0 fully saturated rings. The van der Waals surface area contributed by atoms with Gasteiger partial charge in [-0.05, 0) is 6.92 Å². The van der Waals surface area contributed by atoms with Gasteiger partial charge in [-0.2, -0.15) is 0 Å². The maximum Gasteiger partial charge on any atom is 0.242 e. The molecule has 0 saturated heterocycles. The predicted molar refractivity (Wildman–Crippen MR) is 71.6 cm³/mol. The van der Waals surface area contributed by atoms with Crippen molar-refractivity contribution in [2.75, 3.05) is 32.7 Å². The van der Waals surface area contributed by atoms with Crippen LogP contribution in [0.4, 0.5) is 5.82 Å². The zero-order valence-electron chi connectivity index (χ0n) is 11.1. The number of aromatic nitrogens is 2. The Morgan fingerprint density at radius 3 is 2.84 bits per heavy atom. The summed E-state index contributed by atoms with van der Waals surface area (Å²) in [7, 11) is 3.03. The molecule has 1 aromatic rings. The molecule has 106 valence electrons. The highest BCUT2D eigenvalue weighted by molar-refractivity contribution is 6.31. The number of rotatable bonds is 7. The van der Waals surface area contributed by atoms with Crippen molar-refractivity contribution in [3.63, 3.8) is 0 Å². The van der Waals surface area contributed by atoms with Gasteiger partial charge in [-0.1, -0.05) is 11.6 Å². The number of carbonyl (C=O) groups is 1. The lowest BCUT2D eigenvalue weighted by atomic mass is 10.3. The molecule has 1 aromatic heterocycles. The third-order valence-electron chi connectivity index (χ3n) is 2.32. The number of anilines is 1. The van der Waals surface area contributed by atoms with E-state index in [0.717, 1.165) is 0 Å². The summed E-state index contributed by atoms with van der Waals surface area (Å²) in [5.74, 6) is 0.506. The molecule has 2 N–H and O–H groups in total. The Bertz CT molecular complexity index is 430. The molecule has 7 nitrogen and oxygen atoms in total. The van der Waals surface area contributed by atoms with Gasteiger partial charge in [-0.3, -0.25) is 4.79 Å². The number of halogens is 1. The van der Waals surface area contributed by atoms with E-state index in [-0.39, 0.29) is 11.1 Å². The van der Waals surface area contributed by atoms with Crippen molar-refractivity contribution in [2.24, 2.45) is 0 Å². The van der Waals surface area contributed by atoms with Gasteiger partial charge in [-0.25, -0.2) is 9.97 Å². The Morgan fingerprint density at radius 1 is 1.47 bits per heavy atom. The molecule has 1 rings (SSSR count). The Balaban J connectivity index is 2.63. The first-order valence-electron chi connectivity index (χ1n) is 5.67. The Hall–Kier alpha value is -1.60. The number of nitrogens with zero attached hydrogens (tertiary/aromatic N) is 2. The van der Waals surface area contributed by atoms with E-state index in [1.807, 2.05) is 0 Å². The first kappa shape index (κ1) is 15.5. The SMILES string of the molecule is COCCNC(=O)C(C)Nc1ncnc(Cl)c1OC. The maximum absolute atomic E-state index is 11.8. The normalized spacial score (nSPS) is 11.8. The highest BCUT2D eigenvalue weighted by Crippen LogP contribution is 2.28. The van der Waals surface area contributed by atoms with E-state index < -0.39 is 6.04 Å². The minimum Gasteiger partial charge on any atom is -0.490 e. The second kappa shape index (κ2) is 7.75. The van der Waals surface area contributed by atoms with Crippen molar-refractivity contribution in [3.05, 3.63) is 11.5 Å². The van der Waals surface area contributed by atoms with Crippen LogP contribution in [0.25, 0.3) is 0 Å². The summed E-state index contributed by atoms with van der Waals surface area (Å²) in [6, 6.07) is -0.489. The smallest absolute Gasteiger partial charge is 0.242 e. The summed E-state index contributed by atoms with van der Waals surface area (Å²) in [4.78, 5) is 19.5. The first-order valence-corrected chi connectivity index (χ1v) is 6.05. The summed E-state index contributed by atoms with van der Waals surface area (Å²) in [5, 5.41) is 5.81. The fourth-order valence-corrected chi connectivity index (χ4v) is 1.55. The molecule has 1 amide bonds. The predicted octanol–water partition coefficient (Wildman–Crippen LogP) is 0.702. The standard InChI is InChI=1S/C11H17ClN4O3/c1-7(11(17)13-4-5-18-2)16-10-8(19-3)9(12)14-6-15-10/h6-7H,4-5H2,1-3H3,(H,13,17)(H,14,15,16). The molecule has 0 spiro atoms. The van der Waals surface area contributed by atoms with E-state index in [1.165, 1.54) is 13.4 Å². The van der Waals surface area contributed by atoms with Crippen molar-refractivity contribution < 1.29 is 14.3 Å². The molecule has 0 aromatic carbocycles. The maximum atomic E-state index is 11.8. The van der Waals surface area contributed by atoms with Crippen molar-refractivity contribution in [1.29, 1.82) is 0 Å². The molecule has 19 heavy (non-hydrogen) atoms. The second-order valence-corrected chi connectivity index (χ2v) is 4.05. The van der Waals surface area contributed by atoms with Crippen LogP contribution in [0, 0.1) is 0 Å². The van der Waals surface area contributed by atoms with Crippen molar-refractivity contribution in [2.45, 2.75) is 13.0 Å². The number of amides is 1. The van der Waals surface area contributed by atoms with Crippen LogP contribution in [0.3, 0.4) is 0 Å². The first-order chi connectivity index (χ1) is 9.10. The van der Waals surface area contributed by atoms with Gasteiger partial charge < -0.3 is 20.1 Å². The van der Waals surface area contributed by atoms with Crippen LogP contribution in [-0.2, 0) is 9.53 Å². The summed E-state index contributed by atoms with van der Waals surface area (Å²) >= 11 is 5.86. The van der Waals surface area contributed by atoms with Gasteiger partial charge >= 0.3 is 0 Å². The van der Waals surface area contributed by atoms with Crippen molar-refractivity contribution in [1.82, 2.24) is 15.3 Å². The summed E-state index contributed by atoms with van der Waals surface area (Å²) in [5.41, 5.74) is 0. The summed E-state index contributed by atoms with van der Waals surface area (Å²) in [6.45, 7) is 2.61. The third kappa shape index (κ3) is 4.53. The molecular formula is C11H17ClN4O3. The quantitative estimate of drug-likeness (QED) is 0.567. The van der Waals surface area contributed by atoms with Crippen LogP contribution in [0.5, 0.6) is 5.75 Å². The minimum absolute atomic E-state index is 0.172. The number of hydrogen-bond acceptors (Lipinski definition) is 6. The topological polar surface area (TPSA) is 85.4 Å². The highest BCUT2D eigenvalue weighted by atomic mass is 35.5. The van der Waals surface area contributed by atoms with Crippen LogP contribution in [-0.4, -0.2) is 49.3 Å². The Kier molecular flexibility index (Phi) is 6.31. The molecule has 1 heterocycles. The molecule has 1 unspecified atom stereocenters. The average molecular weight is 289 g/mol. The van der Waals surface area contributed by atoms with Gasteiger partial charge in [0.1, 0.15) is 12.4 Å². The fraction of sp³-hybridized carbons (Fsp3) is 0.545. The number of carbonyl (C=O) groups excluding carboxylic acids is 1. The van der Waals surface area contributed by atoms with Crippen LogP contribution in [0.15, 0.2) is 6.33 Å². The van der Waals surface area contributed by atoms with E-state index in [1.54, 1.807) is 14.0 Å². The van der Waals surface area contributed by atoms with Gasteiger partial charge in [0, 0.05) is 13.7 Å². The van der Waals surface area contributed by atoms with Crippen LogP contribution in [0.2, 0.25) is 5.15 Å². The molecular weight excluding hydrogens is 272 g/mol. The van der Waals surface area contributed by atoms with Gasteiger partial charge in [0.05, 0.1) is 13.7 Å². The van der Waals surface area contributed by atoms with E-state index in [4.69, 9.17) is 21.1 Å². The average Bonchev–Trinajstić information content (AvgIpc) is 2.39. The summed E-state index contributed by atoms with van der Waals surface area (Å²) in [6.07, 6.45) is 1.29. The number of nitrogens with one attached hydrogen (secondary N) is 2. The number of hydrogen-bond donors (Lipinski definition) is 2. The summed E-state index contributed by atoms with van der Waals surface area (Å²) < 4.78 is 9.93. The van der Waals surface area contributed by atoms with Crippen LogP contribution < -0.4 is 15.4 Å². The molecule has 0 aliphatic rings. The van der Waals surface area contributed by atoms with Gasteiger partial charge in [-0.15, -0.1) is 0 Å². The fourth-order valence-electron chi connectivity index (χ4n) is 1.34. The third-order valence-corrected chi connectivity index (χ3v) is 2.59. The molecule has 0 saturated carbocycles. The minimum atomic E-state index is -0.489. The molecule has 8 heteroatoms. The van der Waals surface area contributed by atoms with Crippen molar-refractivity contribution in [3.8, 4) is 5.75 Å². The molecule has 0 radical (unpaired) electrons. The van der Waals surface area contributed by atoms with Crippen LogP contribution in [0.1, 0.15) is 6.92 Å². The van der Waals surface area contributed by atoms with E-state index in [0.29, 0.717) is 24.7 Å². The molecule has 0 bridgehead atoms. The molecule has 1 atom stereocenters. The lowest BCUT2D eigenvalue weighted by Crippen LogP contribution is -2.39. The molecule has 0 aliphatic heterocycles. The van der Waals surface area contributed by atoms with Gasteiger partial charge in [0.2, 0.25) is 5.91 Å². The lowest BCUT2D eigenvalue weighted by Gasteiger charge is -2.16. The van der Waals surface area contributed by atoms with Crippen molar-refractivity contribution >= 4 is 23.3 Å². The van der Waals surface area contributed by atoms with Gasteiger partial charge in [0.25, 0.3) is 0 Å². The molecule has 0 aliphatic carbocycles. The second-order valence-electron chi connectivity index (χ2n) is 3.70. The van der Waals surface area contributed by atoms with E-state index in [9.17, 15) is 4.79 Å². The number of methoxy groups -OCH3 is 2. The van der Waals surface area contributed by atoms with E-state index >= 15 is 0 Å². The van der Waals surface area contributed by atoms with Gasteiger partial charge in [0.15, 0.2) is 16.7 Å². The Morgan fingerprint density at radius 2 is 2.21 bits per heavy atom. The monoisotopic (exact) mass is 288 g/mol.